The van der Waals surface area contributed by atoms with Gasteiger partial charge in [0.2, 0.25) is 11.8 Å². The van der Waals surface area contributed by atoms with E-state index >= 15 is 0 Å². The van der Waals surface area contributed by atoms with Gasteiger partial charge in [-0.1, -0.05) is 5.10 Å². The Morgan fingerprint density at radius 2 is 1.84 bits per heavy atom. The molecule has 0 saturated heterocycles. The van der Waals surface area contributed by atoms with Crippen LogP contribution in [0.2, 0.25) is 0 Å². The average Bonchev–Trinajstić information content (AvgIpc) is 2.89. The molecule has 1 heterocycles. The van der Waals surface area contributed by atoms with E-state index in [4.69, 9.17) is 9.15 Å². The summed E-state index contributed by atoms with van der Waals surface area (Å²) in [6, 6.07) is 4.23. The lowest BCUT2D eigenvalue weighted by molar-refractivity contribution is -0.140. The van der Waals surface area contributed by atoms with Crippen LogP contribution >= 0.6 is 0 Å². The average molecular weight is 353 g/mol. The summed E-state index contributed by atoms with van der Waals surface area (Å²) in [6.45, 7) is 1.48. The highest BCUT2D eigenvalue weighted by molar-refractivity contribution is 5.75. The number of carbonyl (C=O) groups excluding carboxylic acids is 1. The van der Waals surface area contributed by atoms with Crippen molar-refractivity contribution in [2.45, 2.75) is 43.3 Å². The van der Waals surface area contributed by atoms with Crippen LogP contribution in [0.25, 0.3) is 0 Å². The third kappa shape index (κ3) is 2.63. The van der Waals surface area contributed by atoms with Gasteiger partial charge in [0.1, 0.15) is 5.75 Å². The van der Waals surface area contributed by atoms with Gasteiger partial charge in [0.15, 0.2) is 0 Å². The quantitative estimate of drug-likeness (QED) is 0.913. The van der Waals surface area contributed by atoms with Crippen LogP contribution in [0.15, 0.2) is 28.7 Å². The van der Waals surface area contributed by atoms with Crippen LogP contribution in [0, 0.1) is 0 Å². The van der Waals surface area contributed by atoms with Crippen molar-refractivity contribution in [3.63, 3.8) is 0 Å². The second-order valence-electron chi connectivity index (χ2n) is 6.77. The van der Waals surface area contributed by atoms with E-state index in [9.17, 15) is 18.0 Å². The summed E-state index contributed by atoms with van der Waals surface area (Å²) >= 11 is 0. The summed E-state index contributed by atoms with van der Waals surface area (Å²) < 4.78 is 48.4. The first-order valence-electron chi connectivity index (χ1n) is 7.68. The highest BCUT2D eigenvalue weighted by atomic mass is 19.4. The minimum Gasteiger partial charge on any atom is -0.410 e. The summed E-state index contributed by atoms with van der Waals surface area (Å²) in [4.78, 5) is 11.2. The minimum atomic E-state index is -4.40. The normalized spacial score (nSPS) is 27.2. The molecule has 3 aliphatic rings. The molecule has 0 spiro atoms. The maximum absolute atomic E-state index is 12.5. The van der Waals surface area contributed by atoms with E-state index < -0.39 is 11.7 Å². The van der Waals surface area contributed by atoms with E-state index in [0.29, 0.717) is 5.89 Å². The maximum Gasteiger partial charge on any atom is 0.420 e. The fourth-order valence-corrected chi connectivity index (χ4v) is 3.80. The Bertz CT molecular complexity index is 809. The number of aromatic nitrogens is 2. The maximum atomic E-state index is 12.5. The third-order valence-corrected chi connectivity index (χ3v) is 4.72. The molecule has 132 valence electrons. The van der Waals surface area contributed by atoms with Crippen LogP contribution in [0.3, 0.4) is 0 Å². The first kappa shape index (κ1) is 15.9. The van der Waals surface area contributed by atoms with Gasteiger partial charge < -0.3 is 14.5 Å². The first-order chi connectivity index (χ1) is 11.7. The lowest BCUT2D eigenvalue weighted by atomic mass is 9.39. The summed E-state index contributed by atoms with van der Waals surface area (Å²) in [5.41, 5.74) is -1.14. The van der Waals surface area contributed by atoms with Crippen LogP contribution in [0.1, 0.15) is 37.6 Å². The van der Waals surface area contributed by atoms with Crippen LogP contribution in [0.4, 0.5) is 13.2 Å². The third-order valence-electron chi connectivity index (χ3n) is 4.72. The number of rotatable bonds is 4. The van der Waals surface area contributed by atoms with Crippen molar-refractivity contribution >= 4 is 5.91 Å². The van der Waals surface area contributed by atoms with Crippen LogP contribution in [-0.2, 0) is 16.4 Å². The molecule has 0 aliphatic heterocycles. The Morgan fingerprint density at radius 3 is 2.40 bits per heavy atom. The molecule has 0 unspecified atom stereocenters. The van der Waals surface area contributed by atoms with Crippen molar-refractivity contribution in [1.29, 1.82) is 0 Å². The summed E-state index contributed by atoms with van der Waals surface area (Å²) in [5.74, 6) is 0.544. The van der Waals surface area contributed by atoms with Gasteiger partial charge >= 0.3 is 12.3 Å². The number of halogens is 3. The number of nitrogens with one attached hydrogen (secondary N) is 1. The van der Waals surface area contributed by atoms with E-state index in [0.717, 1.165) is 31.4 Å². The molecular weight excluding hydrogens is 339 g/mol. The highest BCUT2D eigenvalue weighted by Gasteiger charge is 2.71. The second kappa shape index (κ2) is 4.96. The summed E-state index contributed by atoms with van der Waals surface area (Å²) in [5, 5.41) is 10.7. The Labute approximate surface area is 140 Å². The number of benzene rings is 1. The Kier molecular flexibility index (Phi) is 3.16. The van der Waals surface area contributed by atoms with E-state index in [1.54, 1.807) is 0 Å². The molecule has 3 fully saturated rings. The van der Waals surface area contributed by atoms with Gasteiger partial charge in [-0.15, -0.1) is 5.10 Å². The molecule has 1 aromatic carbocycles. The van der Waals surface area contributed by atoms with Crippen LogP contribution in [0.5, 0.6) is 11.8 Å². The molecule has 0 atom stereocenters. The number of nitrogens with zero attached hydrogens (tertiary/aromatic N) is 2. The molecule has 1 amide bonds. The molecule has 2 aromatic rings. The monoisotopic (exact) mass is 353 g/mol. The van der Waals surface area contributed by atoms with Gasteiger partial charge in [-0.2, -0.15) is 13.2 Å². The van der Waals surface area contributed by atoms with E-state index in [2.05, 4.69) is 15.5 Å². The van der Waals surface area contributed by atoms with E-state index in [1.165, 1.54) is 19.1 Å². The predicted molar refractivity (Wildman–Crippen MR) is 77.9 cm³/mol. The first-order valence-corrected chi connectivity index (χ1v) is 7.68. The van der Waals surface area contributed by atoms with Crippen molar-refractivity contribution in [1.82, 2.24) is 15.5 Å². The Hall–Kier alpha value is -2.58. The molecule has 1 aromatic heterocycles. The van der Waals surface area contributed by atoms with Gasteiger partial charge in [-0.05, 0) is 43.5 Å². The number of ether oxygens (including phenoxy) is 1. The van der Waals surface area contributed by atoms with Gasteiger partial charge in [0.05, 0.1) is 11.0 Å². The fraction of sp³-hybridized carbons (Fsp3) is 0.438. The number of hydrogen-bond acceptors (Lipinski definition) is 5. The molecule has 6 nitrogen and oxygen atoms in total. The number of amides is 1. The number of hydrogen-bond donors (Lipinski definition) is 1. The largest absolute Gasteiger partial charge is 0.420 e. The molecule has 3 aliphatic carbocycles. The standard InChI is InChI=1S/C16H14F3N3O3/c1-9(23)20-15-6-14(7-15,8-15)12-21-22-13(25-12)24-11-4-2-10(3-5-11)16(17,18)19/h2-5H,6-8H2,1H3,(H,20,23). The Balaban J connectivity index is 1.41. The second-order valence-corrected chi connectivity index (χ2v) is 6.77. The molecule has 3 saturated carbocycles. The van der Waals surface area contributed by atoms with Gasteiger partial charge in [-0.25, -0.2) is 0 Å². The Morgan fingerprint density at radius 1 is 1.20 bits per heavy atom. The van der Waals surface area contributed by atoms with Crippen molar-refractivity contribution in [3.8, 4) is 11.8 Å². The van der Waals surface area contributed by atoms with Crippen molar-refractivity contribution < 1.29 is 27.1 Å². The smallest absolute Gasteiger partial charge is 0.410 e. The van der Waals surface area contributed by atoms with Crippen molar-refractivity contribution in [3.05, 3.63) is 35.7 Å². The van der Waals surface area contributed by atoms with Gasteiger partial charge in [0, 0.05) is 12.5 Å². The molecule has 2 bridgehead atoms. The zero-order chi connectivity index (χ0) is 17.9. The van der Waals surface area contributed by atoms with Crippen molar-refractivity contribution in [2.24, 2.45) is 0 Å². The topological polar surface area (TPSA) is 77.2 Å². The lowest BCUT2D eigenvalue weighted by Crippen LogP contribution is -2.76. The molecule has 25 heavy (non-hydrogen) atoms. The zero-order valence-corrected chi connectivity index (χ0v) is 13.2. The predicted octanol–water partition coefficient (Wildman–Crippen LogP) is 3.19. The summed E-state index contributed by atoms with van der Waals surface area (Å²) in [6.07, 6.45) is -2.30. The van der Waals surface area contributed by atoms with Crippen LogP contribution in [-0.4, -0.2) is 21.6 Å². The fourth-order valence-electron chi connectivity index (χ4n) is 3.80. The number of carbonyl (C=O) groups is 1. The lowest BCUT2D eigenvalue weighted by Gasteiger charge is -2.68. The zero-order valence-electron chi connectivity index (χ0n) is 13.2. The molecular formula is C16H14F3N3O3. The molecule has 9 heteroatoms. The van der Waals surface area contributed by atoms with Gasteiger partial charge in [0.25, 0.3) is 0 Å². The van der Waals surface area contributed by atoms with E-state index in [1.807, 2.05) is 0 Å². The molecule has 0 radical (unpaired) electrons. The molecule has 1 N–H and O–H groups in total. The highest BCUT2D eigenvalue weighted by Crippen LogP contribution is 2.67. The number of alkyl halides is 3. The van der Waals surface area contributed by atoms with Crippen LogP contribution < -0.4 is 10.1 Å². The molecule has 5 rings (SSSR count). The van der Waals surface area contributed by atoms with Gasteiger partial charge in [-0.3, -0.25) is 4.79 Å². The van der Waals surface area contributed by atoms with Crippen molar-refractivity contribution in [2.75, 3.05) is 0 Å². The SMILES string of the molecule is CC(=O)NC12CC(c3nnc(Oc4ccc(C(F)(F)F)cc4)o3)(C1)C2. The van der Waals surface area contributed by atoms with E-state index in [-0.39, 0.29) is 28.7 Å². The summed E-state index contributed by atoms with van der Waals surface area (Å²) in [7, 11) is 0. The minimum absolute atomic E-state index is 0.0647.